The summed E-state index contributed by atoms with van der Waals surface area (Å²) < 4.78 is 10.5. The quantitative estimate of drug-likeness (QED) is 0.842. The van der Waals surface area contributed by atoms with Crippen LogP contribution >= 0.6 is 0 Å². The zero-order valence-electron chi connectivity index (χ0n) is 14.4. The SMILES string of the molecule is COc1cccc(CNCC2(NC(=O)OC(C)(C)C)CCC2)n1. The smallest absolute Gasteiger partial charge is 0.408 e. The Balaban J connectivity index is 1.83. The Kier molecular flexibility index (Phi) is 5.46. The Morgan fingerprint density at radius 1 is 1.35 bits per heavy atom. The van der Waals surface area contributed by atoms with Gasteiger partial charge in [-0.05, 0) is 46.1 Å². The number of methoxy groups -OCH3 is 1. The fourth-order valence-corrected chi connectivity index (χ4v) is 2.57. The van der Waals surface area contributed by atoms with Gasteiger partial charge in [-0.15, -0.1) is 0 Å². The van der Waals surface area contributed by atoms with Gasteiger partial charge in [-0.1, -0.05) is 6.07 Å². The van der Waals surface area contributed by atoms with Crippen molar-refractivity contribution in [3.63, 3.8) is 0 Å². The first kappa shape index (κ1) is 17.5. The van der Waals surface area contributed by atoms with Crippen LogP contribution in [0.5, 0.6) is 5.88 Å². The lowest BCUT2D eigenvalue weighted by atomic mass is 9.76. The fourth-order valence-electron chi connectivity index (χ4n) is 2.57. The predicted molar refractivity (Wildman–Crippen MR) is 88.4 cm³/mol. The van der Waals surface area contributed by atoms with Crippen molar-refractivity contribution < 1.29 is 14.3 Å². The number of aromatic nitrogens is 1. The third-order valence-corrected chi connectivity index (χ3v) is 3.84. The number of pyridine rings is 1. The molecule has 23 heavy (non-hydrogen) atoms. The van der Waals surface area contributed by atoms with Crippen LogP contribution in [0.2, 0.25) is 0 Å². The second-order valence-corrected chi connectivity index (χ2v) is 7.04. The van der Waals surface area contributed by atoms with Gasteiger partial charge in [0, 0.05) is 19.2 Å². The summed E-state index contributed by atoms with van der Waals surface area (Å²) in [5.41, 5.74) is 0.227. The molecule has 1 saturated carbocycles. The zero-order valence-corrected chi connectivity index (χ0v) is 14.4. The van der Waals surface area contributed by atoms with E-state index < -0.39 is 5.60 Å². The van der Waals surface area contributed by atoms with Crippen LogP contribution in [0.1, 0.15) is 45.7 Å². The Bertz CT molecular complexity index is 536. The summed E-state index contributed by atoms with van der Waals surface area (Å²) in [6, 6.07) is 5.69. The van der Waals surface area contributed by atoms with Crippen LogP contribution in [-0.4, -0.2) is 35.9 Å². The second kappa shape index (κ2) is 7.17. The molecule has 1 aromatic heterocycles. The van der Waals surface area contributed by atoms with Crippen LogP contribution in [0.25, 0.3) is 0 Å². The topological polar surface area (TPSA) is 72.5 Å². The highest BCUT2D eigenvalue weighted by Gasteiger charge is 2.39. The highest BCUT2D eigenvalue weighted by Crippen LogP contribution is 2.31. The van der Waals surface area contributed by atoms with Gasteiger partial charge in [0.05, 0.1) is 18.3 Å². The number of nitrogens with zero attached hydrogens (tertiary/aromatic N) is 1. The van der Waals surface area contributed by atoms with Gasteiger partial charge in [0.2, 0.25) is 5.88 Å². The molecular weight excluding hydrogens is 294 g/mol. The molecule has 0 aromatic carbocycles. The van der Waals surface area contributed by atoms with Crippen LogP contribution < -0.4 is 15.4 Å². The van der Waals surface area contributed by atoms with Crippen molar-refractivity contribution in [2.24, 2.45) is 0 Å². The van der Waals surface area contributed by atoms with Gasteiger partial charge < -0.3 is 20.1 Å². The lowest BCUT2D eigenvalue weighted by Gasteiger charge is -2.42. The molecule has 6 heteroatoms. The number of nitrogens with one attached hydrogen (secondary N) is 2. The molecule has 1 amide bonds. The van der Waals surface area contributed by atoms with Crippen molar-refractivity contribution in [2.75, 3.05) is 13.7 Å². The minimum Gasteiger partial charge on any atom is -0.481 e. The van der Waals surface area contributed by atoms with E-state index in [0.29, 0.717) is 19.0 Å². The first-order chi connectivity index (χ1) is 10.8. The van der Waals surface area contributed by atoms with Gasteiger partial charge in [-0.2, -0.15) is 0 Å². The second-order valence-electron chi connectivity index (χ2n) is 7.04. The largest absolute Gasteiger partial charge is 0.481 e. The van der Waals surface area contributed by atoms with Crippen molar-refractivity contribution >= 4 is 6.09 Å². The summed E-state index contributed by atoms with van der Waals surface area (Å²) >= 11 is 0. The number of ether oxygens (including phenoxy) is 2. The van der Waals surface area contributed by atoms with Crippen molar-refractivity contribution in [3.05, 3.63) is 23.9 Å². The molecule has 128 valence electrons. The fraction of sp³-hybridized carbons (Fsp3) is 0.647. The summed E-state index contributed by atoms with van der Waals surface area (Å²) in [4.78, 5) is 16.4. The number of alkyl carbamates (subject to hydrolysis) is 1. The van der Waals surface area contributed by atoms with Crippen molar-refractivity contribution in [3.8, 4) is 5.88 Å². The lowest BCUT2D eigenvalue weighted by molar-refractivity contribution is 0.0382. The van der Waals surface area contributed by atoms with E-state index in [1.54, 1.807) is 7.11 Å². The predicted octanol–water partition coefficient (Wildman–Crippen LogP) is 2.63. The van der Waals surface area contributed by atoms with E-state index >= 15 is 0 Å². The van der Waals surface area contributed by atoms with Gasteiger partial charge in [-0.3, -0.25) is 0 Å². The van der Waals surface area contributed by atoms with E-state index in [4.69, 9.17) is 9.47 Å². The molecule has 0 radical (unpaired) electrons. The Labute approximate surface area is 138 Å². The first-order valence-electron chi connectivity index (χ1n) is 8.04. The molecule has 1 heterocycles. The summed E-state index contributed by atoms with van der Waals surface area (Å²) in [6.45, 7) is 6.94. The van der Waals surface area contributed by atoms with Gasteiger partial charge in [0.15, 0.2) is 0 Å². The molecule has 0 atom stereocenters. The summed E-state index contributed by atoms with van der Waals surface area (Å²) in [5, 5.41) is 6.40. The minimum atomic E-state index is -0.479. The molecule has 0 aliphatic heterocycles. The highest BCUT2D eigenvalue weighted by molar-refractivity contribution is 5.69. The Morgan fingerprint density at radius 3 is 2.65 bits per heavy atom. The summed E-state index contributed by atoms with van der Waals surface area (Å²) in [5.74, 6) is 0.606. The maximum Gasteiger partial charge on any atom is 0.408 e. The van der Waals surface area contributed by atoms with Crippen LogP contribution in [0.4, 0.5) is 4.79 Å². The molecule has 1 aromatic rings. The van der Waals surface area contributed by atoms with Gasteiger partial charge in [-0.25, -0.2) is 9.78 Å². The molecule has 2 rings (SSSR count). The maximum absolute atomic E-state index is 12.0. The van der Waals surface area contributed by atoms with Gasteiger partial charge in [0.25, 0.3) is 0 Å². The Morgan fingerprint density at radius 2 is 2.09 bits per heavy atom. The highest BCUT2D eigenvalue weighted by atomic mass is 16.6. The maximum atomic E-state index is 12.0. The van der Waals surface area contributed by atoms with Crippen molar-refractivity contribution in [1.82, 2.24) is 15.6 Å². The van der Waals surface area contributed by atoms with E-state index in [-0.39, 0.29) is 11.6 Å². The standard InChI is InChI=1S/C17H27N3O3/c1-16(2,3)23-15(21)20-17(9-6-10-17)12-18-11-13-7-5-8-14(19-13)22-4/h5,7-8,18H,6,9-12H2,1-4H3,(H,20,21). The molecule has 0 unspecified atom stereocenters. The minimum absolute atomic E-state index is 0.207. The molecule has 0 spiro atoms. The first-order valence-corrected chi connectivity index (χ1v) is 8.04. The van der Waals surface area contributed by atoms with E-state index in [0.717, 1.165) is 25.0 Å². The van der Waals surface area contributed by atoms with E-state index in [1.807, 2.05) is 39.0 Å². The molecule has 2 N–H and O–H groups in total. The molecule has 6 nitrogen and oxygen atoms in total. The molecule has 1 aliphatic rings. The molecule has 0 bridgehead atoms. The number of hydrogen-bond donors (Lipinski definition) is 2. The number of carbonyl (C=O) groups is 1. The monoisotopic (exact) mass is 321 g/mol. The third-order valence-electron chi connectivity index (χ3n) is 3.84. The van der Waals surface area contributed by atoms with Crippen LogP contribution in [0, 0.1) is 0 Å². The van der Waals surface area contributed by atoms with Gasteiger partial charge >= 0.3 is 6.09 Å². The zero-order chi connectivity index (χ0) is 16.9. The normalized spacial score (nSPS) is 16.3. The van der Waals surface area contributed by atoms with Crippen LogP contribution in [-0.2, 0) is 11.3 Å². The van der Waals surface area contributed by atoms with Crippen LogP contribution in [0.3, 0.4) is 0 Å². The van der Waals surface area contributed by atoms with Crippen LogP contribution in [0.15, 0.2) is 18.2 Å². The lowest BCUT2D eigenvalue weighted by Crippen LogP contribution is -2.59. The number of rotatable bonds is 6. The van der Waals surface area contributed by atoms with Crippen molar-refractivity contribution in [1.29, 1.82) is 0 Å². The van der Waals surface area contributed by atoms with Crippen molar-refractivity contribution in [2.45, 2.75) is 57.7 Å². The number of amides is 1. The van der Waals surface area contributed by atoms with E-state index in [1.165, 1.54) is 0 Å². The van der Waals surface area contributed by atoms with E-state index in [9.17, 15) is 4.79 Å². The summed E-state index contributed by atoms with van der Waals surface area (Å²) in [7, 11) is 1.60. The van der Waals surface area contributed by atoms with Gasteiger partial charge in [0.1, 0.15) is 5.60 Å². The average molecular weight is 321 g/mol. The molecule has 1 aliphatic carbocycles. The molecular formula is C17H27N3O3. The van der Waals surface area contributed by atoms with E-state index in [2.05, 4.69) is 15.6 Å². The number of hydrogen-bond acceptors (Lipinski definition) is 5. The molecule has 0 saturated heterocycles. The molecule has 1 fully saturated rings. The Hall–Kier alpha value is -1.82. The third kappa shape index (κ3) is 5.39. The average Bonchev–Trinajstić information content (AvgIpc) is 2.42. The summed E-state index contributed by atoms with van der Waals surface area (Å²) in [6.07, 6.45) is 2.70. The number of carbonyl (C=O) groups excluding carboxylic acids is 1.